The average Bonchev–Trinajstić information content (AvgIpc) is 3.40. The number of carbonyl (C=O) groups is 2. The van der Waals surface area contributed by atoms with Crippen molar-refractivity contribution in [3.63, 3.8) is 0 Å². The van der Waals surface area contributed by atoms with Crippen molar-refractivity contribution in [2.45, 2.75) is 66.2 Å². The molecule has 2 aromatic carbocycles. The van der Waals surface area contributed by atoms with Gasteiger partial charge in [-0.15, -0.1) is 0 Å². The molecular weight excluding hydrogens is 544 g/mol. The molecule has 0 amide bonds. The van der Waals surface area contributed by atoms with Crippen molar-refractivity contribution < 1.29 is 36.9 Å². The van der Waals surface area contributed by atoms with Gasteiger partial charge in [0.15, 0.2) is 11.6 Å². The first-order chi connectivity index (χ1) is 18.3. The van der Waals surface area contributed by atoms with Crippen LogP contribution in [0.1, 0.15) is 84.5 Å². The molecule has 4 aromatic rings. The van der Waals surface area contributed by atoms with Crippen LogP contribution < -0.4 is 10.2 Å². The van der Waals surface area contributed by atoms with E-state index in [4.69, 9.17) is 0 Å². The number of para-hydroxylation sites is 2. The van der Waals surface area contributed by atoms with Crippen LogP contribution >= 0.6 is 0 Å². The molecule has 0 saturated carbocycles. The number of carbonyl (C=O) groups excluding carboxylic acids is 2. The molecule has 0 spiro atoms. The van der Waals surface area contributed by atoms with Crippen LogP contribution in [-0.2, 0) is 17.1 Å². The summed E-state index contributed by atoms with van der Waals surface area (Å²) in [5.74, 6) is -0.840. The van der Waals surface area contributed by atoms with Crippen LogP contribution in [0.3, 0.4) is 0 Å². The van der Waals surface area contributed by atoms with E-state index in [9.17, 15) is 19.8 Å². The molecule has 0 aliphatic rings. The number of rotatable bonds is 10. The van der Waals surface area contributed by atoms with Crippen molar-refractivity contribution in [1.82, 2.24) is 19.6 Å². The number of unbranched alkanes of at least 4 members (excludes halogenated alkanes) is 2. The van der Waals surface area contributed by atoms with Gasteiger partial charge in [-0.1, -0.05) is 63.1 Å². The van der Waals surface area contributed by atoms with E-state index in [0.29, 0.717) is 35.6 Å². The number of Topliss-reactive ketones (excluding diaryl/α,β-unsaturated/α-hetero) is 2. The van der Waals surface area contributed by atoms with Gasteiger partial charge < -0.3 is 10.2 Å². The van der Waals surface area contributed by atoms with Crippen LogP contribution in [0.4, 0.5) is 0 Å². The minimum absolute atomic E-state index is 0. The molecule has 39 heavy (non-hydrogen) atoms. The van der Waals surface area contributed by atoms with Crippen molar-refractivity contribution in [2.24, 2.45) is 0 Å². The summed E-state index contributed by atoms with van der Waals surface area (Å²) in [5.41, 5.74) is 2.86. The third-order valence-electron chi connectivity index (χ3n) is 6.11. The Kier molecular flexibility index (Phi) is 12.2. The second-order valence-corrected chi connectivity index (χ2v) is 9.08. The Hall–Kier alpha value is -3.68. The SMILES string of the molecule is CCCCC(=O)c1c(C)nn(-c2ccccc2)c1[O-].CCCCC(=O)c1c(C)nn(-c2ccccc2)c1[O-].[Cu+2]. The molecule has 0 atom stereocenters. The Bertz CT molecular complexity index is 1260. The molecule has 0 aliphatic heterocycles. The number of benzene rings is 2. The summed E-state index contributed by atoms with van der Waals surface area (Å²) in [6.45, 7) is 7.46. The predicted octanol–water partition coefficient (Wildman–Crippen LogP) is 5.25. The quantitative estimate of drug-likeness (QED) is 0.188. The molecule has 0 bridgehead atoms. The molecule has 0 unspecified atom stereocenters. The van der Waals surface area contributed by atoms with E-state index in [0.717, 1.165) is 25.7 Å². The molecule has 0 saturated heterocycles. The third kappa shape index (κ3) is 7.68. The fraction of sp³-hybridized carbons (Fsp3) is 0.333. The summed E-state index contributed by atoms with van der Waals surface area (Å²) < 4.78 is 2.60. The van der Waals surface area contributed by atoms with Crippen LogP contribution in [0.2, 0.25) is 0 Å². The van der Waals surface area contributed by atoms with E-state index in [1.165, 1.54) is 9.36 Å². The van der Waals surface area contributed by atoms with Crippen LogP contribution in [0.5, 0.6) is 11.8 Å². The van der Waals surface area contributed by atoms with Crippen LogP contribution in [0, 0.1) is 13.8 Å². The maximum absolute atomic E-state index is 12.3. The zero-order valence-corrected chi connectivity index (χ0v) is 23.7. The fourth-order valence-electron chi connectivity index (χ4n) is 4.07. The van der Waals surface area contributed by atoms with E-state index in [2.05, 4.69) is 10.2 Å². The second kappa shape index (κ2) is 15.0. The topological polar surface area (TPSA) is 116 Å². The van der Waals surface area contributed by atoms with E-state index in [-0.39, 0.29) is 51.5 Å². The first kappa shape index (κ1) is 31.5. The van der Waals surface area contributed by atoms with Crippen molar-refractivity contribution in [3.8, 4) is 23.1 Å². The molecule has 1 radical (unpaired) electrons. The maximum Gasteiger partial charge on any atom is 2.00 e. The van der Waals surface area contributed by atoms with Crippen molar-refractivity contribution in [2.75, 3.05) is 0 Å². The Morgan fingerprint density at radius 1 is 0.667 bits per heavy atom. The van der Waals surface area contributed by atoms with E-state index in [1.807, 2.05) is 50.2 Å². The van der Waals surface area contributed by atoms with Gasteiger partial charge in [-0.05, 0) is 51.0 Å². The first-order valence-electron chi connectivity index (χ1n) is 13.0. The fourth-order valence-corrected chi connectivity index (χ4v) is 4.07. The minimum atomic E-state index is -0.315. The summed E-state index contributed by atoms with van der Waals surface area (Å²) in [7, 11) is 0. The Balaban J connectivity index is 0.000000267. The number of hydrogen-bond donors (Lipinski definition) is 0. The van der Waals surface area contributed by atoms with Crippen molar-refractivity contribution >= 4 is 11.6 Å². The average molecular weight is 578 g/mol. The molecule has 9 heteroatoms. The third-order valence-corrected chi connectivity index (χ3v) is 6.11. The number of nitrogens with zero attached hydrogens (tertiary/aromatic N) is 4. The molecule has 209 valence electrons. The number of hydrogen-bond acceptors (Lipinski definition) is 6. The minimum Gasteiger partial charge on any atom is -0.858 e. The summed E-state index contributed by atoms with van der Waals surface area (Å²) in [6.07, 6.45) is 4.29. The molecule has 2 aromatic heterocycles. The van der Waals surface area contributed by atoms with Crippen LogP contribution in [0.15, 0.2) is 60.7 Å². The Labute approximate surface area is 240 Å². The number of aryl methyl sites for hydroxylation is 2. The summed E-state index contributed by atoms with van der Waals surface area (Å²) >= 11 is 0. The Morgan fingerprint density at radius 3 is 1.31 bits per heavy atom. The first-order valence-corrected chi connectivity index (χ1v) is 13.0. The summed E-state index contributed by atoms with van der Waals surface area (Å²) in [5, 5.41) is 32.9. The van der Waals surface area contributed by atoms with Gasteiger partial charge in [0, 0.05) is 24.6 Å². The molecule has 0 N–H and O–H groups in total. The normalized spacial score (nSPS) is 10.4. The molecule has 0 aliphatic carbocycles. The van der Waals surface area contributed by atoms with E-state index < -0.39 is 0 Å². The van der Waals surface area contributed by atoms with Gasteiger partial charge in [0.05, 0.1) is 33.9 Å². The van der Waals surface area contributed by atoms with Crippen LogP contribution in [0.25, 0.3) is 11.4 Å². The Morgan fingerprint density at radius 2 is 1.00 bits per heavy atom. The van der Waals surface area contributed by atoms with Gasteiger partial charge in [-0.3, -0.25) is 9.59 Å². The standard InChI is InChI=1S/2C15H18N2O2.Cu/c2*1-3-4-10-13(18)14-11(2)16-17(15(14)19)12-8-6-5-7-9-12;/h2*5-9,19H,3-4,10H2,1-2H3;/q;;+2/p-2. The summed E-state index contributed by atoms with van der Waals surface area (Å²) in [6, 6.07) is 18.3. The van der Waals surface area contributed by atoms with Crippen molar-refractivity contribution in [3.05, 3.63) is 83.2 Å². The van der Waals surface area contributed by atoms with Crippen molar-refractivity contribution in [1.29, 1.82) is 0 Å². The smallest absolute Gasteiger partial charge is 0.858 e. The van der Waals surface area contributed by atoms with Gasteiger partial charge >= 0.3 is 17.1 Å². The van der Waals surface area contributed by atoms with Gasteiger partial charge in [0.2, 0.25) is 0 Å². The van der Waals surface area contributed by atoms with Gasteiger partial charge in [-0.25, -0.2) is 9.36 Å². The van der Waals surface area contributed by atoms with Gasteiger partial charge in [-0.2, -0.15) is 10.2 Å². The molecule has 8 nitrogen and oxygen atoms in total. The monoisotopic (exact) mass is 577 g/mol. The van der Waals surface area contributed by atoms with E-state index in [1.54, 1.807) is 38.1 Å². The maximum atomic E-state index is 12.3. The zero-order valence-electron chi connectivity index (χ0n) is 22.7. The van der Waals surface area contributed by atoms with Gasteiger partial charge in [0.1, 0.15) is 0 Å². The number of aromatic nitrogens is 4. The number of ketones is 2. The second-order valence-electron chi connectivity index (χ2n) is 9.08. The molecule has 4 rings (SSSR count). The summed E-state index contributed by atoms with van der Waals surface area (Å²) in [4.78, 5) is 24.1. The van der Waals surface area contributed by atoms with E-state index >= 15 is 0 Å². The largest absolute Gasteiger partial charge is 2.00 e. The zero-order chi connectivity index (χ0) is 27.7. The van der Waals surface area contributed by atoms with Crippen LogP contribution in [-0.4, -0.2) is 31.1 Å². The molecule has 0 fully saturated rings. The molecule has 2 heterocycles. The molecular formula is C30H34CuN4O4. The van der Waals surface area contributed by atoms with Gasteiger partial charge in [0.25, 0.3) is 0 Å². The predicted molar refractivity (Wildman–Crippen MR) is 143 cm³/mol.